The van der Waals surface area contributed by atoms with Crippen LogP contribution < -0.4 is 5.32 Å². The highest BCUT2D eigenvalue weighted by atomic mass is 16.6. The van der Waals surface area contributed by atoms with E-state index in [1.165, 1.54) is 6.07 Å². The van der Waals surface area contributed by atoms with Gasteiger partial charge in [0.2, 0.25) is 0 Å². The molecule has 0 aliphatic rings. The van der Waals surface area contributed by atoms with E-state index in [1.807, 2.05) is 6.92 Å². The number of rotatable bonds is 4. The van der Waals surface area contributed by atoms with E-state index in [-0.39, 0.29) is 17.3 Å². The lowest BCUT2D eigenvalue weighted by molar-refractivity contribution is -0.384. The van der Waals surface area contributed by atoms with Gasteiger partial charge in [0.25, 0.3) is 11.6 Å². The number of nitrogens with zero attached hydrogens (tertiary/aromatic N) is 1. The van der Waals surface area contributed by atoms with E-state index in [0.717, 1.165) is 5.56 Å². The summed E-state index contributed by atoms with van der Waals surface area (Å²) in [7, 11) is 0. The van der Waals surface area contributed by atoms with Crippen LogP contribution in [0.1, 0.15) is 22.8 Å². The molecular formula is C15H14N2O3. The Morgan fingerprint density at radius 1 is 1.20 bits per heavy atom. The van der Waals surface area contributed by atoms with Crippen molar-refractivity contribution in [1.82, 2.24) is 0 Å². The van der Waals surface area contributed by atoms with Gasteiger partial charge in [-0.05, 0) is 30.2 Å². The molecule has 102 valence electrons. The Morgan fingerprint density at radius 2 is 1.90 bits per heavy atom. The summed E-state index contributed by atoms with van der Waals surface area (Å²) in [4.78, 5) is 22.6. The zero-order valence-corrected chi connectivity index (χ0v) is 11.0. The lowest BCUT2D eigenvalue weighted by Gasteiger charge is -2.07. The molecule has 0 saturated heterocycles. The van der Waals surface area contributed by atoms with Gasteiger partial charge in [0, 0.05) is 11.6 Å². The van der Waals surface area contributed by atoms with Crippen LogP contribution in [0.4, 0.5) is 11.4 Å². The number of hydrogen-bond donors (Lipinski definition) is 1. The predicted octanol–water partition coefficient (Wildman–Crippen LogP) is 3.41. The molecule has 0 aliphatic carbocycles. The Bertz CT molecular complexity index is 639. The highest BCUT2D eigenvalue weighted by Gasteiger charge is 2.16. The third kappa shape index (κ3) is 3.00. The van der Waals surface area contributed by atoms with Crippen molar-refractivity contribution in [3.8, 4) is 0 Å². The molecule has 0 bridgehead atoms. The third-order valence-corrected chi connectivity index (χ3v) is 2.95. The number of carbonyl (C=O) groups excluding carboxylic acids is 1. The summed E-state index contributed by atoms with van der Waals surface area (Å²) in [6.45, 7) is 1.92. The first kappa shape index (κ1) is 13.7. The second kappa shape index (κ2) is 5.97. The Balaban J connectivity index is 2.29. The lowest BCUT2D eigenvalue weighted by atomic mass is 10.1. The monoisotopic (exact) mass is 270 g/mol. The molecule has 5 nitrogen and oxygen atoms in total. The molecule has 2 aromatic carbocycles. The van der Waals surface area contributed by atoms with Crippen LogP contribution in [0.2, 0.25) is 0 Å². The van der Waals surface area contributed by atoms with Crippen LogP contribution in [0.3, 0.4) is 0 Å². The minimum Gasteiger partial charge on any atom is -0.316 e. The number of nitro groups is 1. The molecule has 1 N–H and O–H groups in total. The second-order valence-electron chi connectivity index (χ2n) is 4.28. The van der Waals surface area contributed by atoms with E-state index in [9.17, 15) is 14.9 Å². The van der Waals surface area contributed by atoms with Gasteiger partial charge in [0.1, 0.15) is 5.69 Å². The summed E-state index contributed by atoms with van der Waals surface area (Å²) < 4.78 is 0. The molecule has 0 saturated carbocycles. The van der Waals surface area contributed by atoms with Crippen molar-refractivity contribution in [3.05, 3.63) is 69.8 Å². The van der Waals surface area contributed by atoms with Crippen LogP contribution in [-0.4, -0.2) is 10.8 Å². The molecule has 0 aromatic heterocycles. The first-order valence-corrected chi connectivity index (χ1v) is 6.25. The number of amides is 1. The Hall–Kier alpha value is -2.69. The fourth-order valence-electron chi connectivity index (χ4n) is 1.84. The number of nitrogens with one attached hydrogen (secondary N) is 1. The van der Waals surface area contributed by atoms with Crippen molar-refractivity contribution in [3.63, 3.8) is 0 Å². The topological polar surface area (TPSA) is 72.2 Å². The van der Waals surface area contributed by atoms with Gasteiger partial charge in [-0.1, -0.05) is 31.2 Å². The van der Waals surface area contributed by atoms with Crippen LogP contribution in [-0.2, 0) is 6.42 Å². The summed E-state index contributed by atoms with van der Waals surface area (Å²) in [6.07, 6.45) is 0.702. The minimum absolute atomic E-state index is 0.0892. The normalized spacial score (nSPS) is 10.1. The van der Waals surface area contributed by atoms with Crippen molar-refractivity contribution < 1.29 is 9.72 Å². The Morgan fingerprint density at radius 3 is 2.50 bits per heavy atom. The summed E-state index contributed by atoms with van der Waals surface area (Å²) in [5.74, 6) is -0.363. The third-order valence-electron chi connectivity index (χ3n) is 2.95. The van der Waals surface area contributed by atoms with Crippen LogP contribution >= 0.6 is 0 Å². The maximum Gasteiger partial charge on any atom is 0.293 e. The van der Waals surface area contributed by atoms with E-state index in [1.54, 1.807) is 42.5 Å². The number of benzene rings is 2. The van der Waals surface area contributed by atoms with Crippen molar-refractivity contribution in [2.45, 2.75) is 13.3 Å². The van der Waals surface area contributed by atoms with Gasteiger partial charge in [0.15, 0.2) is 0 Å². The fraction of sp³-hybridized carbons (Fsp3) is 0.133. The van der Waals surface area contributed by atoms with Gasteiger partial charge in [-0.2, -0.15) is 0 Å². The predicted molar refractivity (Wildman–Crippen MR) is 76.9 cm³/mol. The van der Waals surface area contributed by atoms with Gasteiger partial charge >= 0.3 is 0 Å². The smallest absolute Gasteiger partial charge is 0.293 e. The largest absolute Gasteiger partial charge is 0.316 e. The standard InChI is InChI=1S/C15H14N2O3/c1-2-11-8-9-13(14(10-11)17(19)20)16-15(18)12-6-4-3-5-7-12/h3-10H,2H2,1H3,(H,16,18). The molecule has 0 spiro atoms. The number of aryl methyl sites for hydroxylation is 1. The van der Waals surface area contributed by atoms with Gasteiger partial charge < -0.3 is 5.32 Å². The Kier molecular flexibility index (Phi) is 4.10. The number of anilines is 1. The van der Waals surface area contributed by atoms with Crippen LogP contribution in [0.25, 0.3) is 0 Å². The molecule has 0 heterocycles. The average Bonchev–Trinajstić information content (AvgIpc) is 2.48. The first-order valence-electron chi connectivity index (χ1n) is 6.25. The number of carbonyl (C=O) groups is 1. The summed E-state index contributed by atoms with van der Waals surface area (Å²) in [5, 5.41) is 13.6. The van der Waals surface area contributed by atoms with Crippen molar-refractivity contribution in [1.29, 1.82) is 0 Å². The van der Waals surface area contributed by atoms with Gasteiger partial charge in [-0.25, -0.2) is 0 Å². The van der Waals surface area contributed by atoms with Crippen LogP contribution in [0.5, 0.6) is 0 Å². The van der Waals surface area contributed by atoms with E-state index in [4.69, 9.17) is 0 Å². The highest BCUT2D eigenvalue weighted by Crippen LogP contribution is 2.26. The molecule has 20 heavy (non-hydrogen) atoms. The van der Waals surface area contributed by atoms with Gasteiger partial charge in [-0.15, -0.1) is 0 Å². The maximum absolute atomic E-state index is 12.0. The van der Waals surface area contributed by atoms with Crippen molar-refractivity contribution in [2.75, 3.05) is 5.32 Å². The number of hydrogen-bond acceptors (Lipinski definition) is 3. The SMILES string of the molecule is CCc1ccc(NC(=O)c2ccccc2)c([N+](=O)[O-])c1. The van der Waals surface area contributed by atoms with Gasteiger partial charge in [-0.3, -0.25) is 14.9 Å². The molecule has 2 rings (SSSR count). The average molecular weight is 270 g/mol. The fourth-order valence-corrected chi connectivity index (χ4v) is 1.84. The molecule has 0 unspecified atom stereocenters. The van der Waals surface area contributed by atoms with Crippen LogP contribution in [0, 0.1) is 10.1 Å². The van der Waals surface area contributed by atoms with Crippen LogP contribution in [0.15, 0.2) is 48.5 Å². The minimum atomic E-state index is -0.486. The lowest BCUT2D eigenvalue weighted by Crippen LogP contribution is -2.13. The molecule has 5 heteroatoms. The van der Waals surface area contributed by atoms with E-state index < -0.39 is 4.92 Å². The summed E-state index contributed by atoms with van der Waals surface area (Å²) in [6, 6.07) is 13.4. The first-order chi connectivity index (χ1) is 9.61. The zero-order chi connectivity index (χ0) is 14.5. The van der Waals surface area contributed by atoms with E-state index in [2.05, 4.69) is 5.32 Å². The molecule has 0 radical (unpaired) electrons. The molecule has 2 aromatic rings. The zero-order valence-electron chi connectivity index (χ0n) is 11.0. The van der Waals surface area contributed by atoms with Gasteiger partial charge in [0.05, 0.1) is 4.92 Å². The second-order valence-corrected chi connectivity index (χ2v) is 4.28. The highest BCUT2D eigenvalue weighted by molar-refractivity contribution is 6.05. The van der Waals surface area contributed by atoms with Crippen molar-refractivity contribution in [2.24, 2.45) is 0 Å². The molecule has 0 fully saturated rings. The quantitative estimate of drug-likeness (QED) is 0.683. The summed E-state index contributed by atoms with van der Waals surface area (Å²) in [5.41, 5.74) is 1.44. The molecular weight excluding hydrogens is 256 g/mol. The number of nitro benzene ring substituents is 1. The van der Waals surface area contributed by atoms with Crippen molar-refractivity contribution >= 4 is 17.3 Å². The van der Waals surface area contributed by atoms with E-state index >= 15 is 0 Å². The summed E-state index contributed by atoms with van der Waals surface area (Å²) >= 11 is 0. The molecule has 1 amide bonds. The van der Waals surface area contributed by atoms with E-state index in [0.29, 0.717) is 12.0 Å². The Labute approximate surface area is 116 Å². The molecule has 0 atom stereocenters. The molecule has 0 aliphatic heterocycles. The maximum atomic E-state index is 12.0.